The van der Waals surface area contributed by atoms with E-state index in [0.29, 0.717) is 0 Å². The van der Waals surface area contributed by atoms with Gasteiger partial charge in [0.2, 0.25) is 0 Å². The zero-order chi connectivity index (χ0) is 15.8. The van der Waals surface area contributed by atoms with Crippen molar-refractivity contribution in [2.45, 2.75) is 25.8 Å². The van der Waals surface area contributed by atoms with Gasteiger partial charge in [-0.25, -0.2) is 13.6 Å². The lowest BCUT2D eigenvalue weighted by Crippen LogP contribution is -2.42. The molecule has 0 saturated carbocycles. The van der Waals surface area contributed by atoms with E-state index in [1.54, 1.807) is 0 Å². The molecule has 112 valence electrons. The quantitative estimate of drug-likeness (QED) is 0.860. The number of imide groups is 1. The Hall–Kier alpha value is -2.31. The highest BCUT2D eigenvalue weighted by molar-refractivity contribution is 6.07. The number of ketones is 1. The third-order valence-electron chi connectivity index (χ3n) is 3.43. The summed E-state index contributed by atoms with van der Waals surface area (Å²) in [6.07, 6.45) is -0.00497. The van der Waals surface area contributed by atoms with Crippen LogP contribution in [-0.2, 0) is 15.1 Å². The van der Waals surface area contributed by atoms with Crippen LogP contribution in [0.5, 0.6) is 0 Å². The molecule has 5 nitrogen and oxygen atoms in total. The van der Waals surface area contributed by atoms with Crippen molar-refractivity contribution >= 4 is 17.7 Å². The second-order valence-corrected chi connectivity index (χ2v) is 5.06. The minimum atomic E-state index is -1.82. The van der Waals surface area contributed by atoms with Gasteiger partial charge in [0, 0.05) is 13.0 Å². The van der Waals surface area contributed by atoms with Crippen LogP contribution in [0.15, 0.2) is 18.2 Å². The molecule has 1 unspecified atom stereocenters. The predicted molar refractivity (Wildman–Crippen MR) is 69.3 cm³/mol. The Morgan fingerprint density at radius 2 is 1.86 bits per heavy atom. The van der Waals surface area contributed by atoms with Crippen molar-refractivity contribution in [2.24, 2.45) is 0 Å². The first-order valence-electron chi connectivity index (χ1n) is 6.35. The lowest BCUT2D eigenvalue weighted by molar-refractivity contribution is -0.131. The molecule has 21 heavy (non-hydrogen) atoms. The van der Waals surface area contributed by atoms with Gasteiger partial charge in [0.15, 0.2) is 0 Å². The average Bonchev–Trinajstić information content (AvgIpc) is 2.58. The van der Waals surface area contributed by atoms with Crippen LogP contribution in [0.4, 0.5) is 13.6 Å². The van der Waals surface area contributed by atoms with Gasteiger partial charge < -0.3 is 5.32 Å². The summed E-state index contributed by atoms with van der Waals surface area (Å²) in [5.41, 5.74) is -2.32. The SMILES string of the molecule is CC(=O)CCN1C(=O)NC(C)(c2c(F)cccc2F)C1=O. The van der Waals surface area contributed by atoms with Crippen LogP contribution >= 0.6 is 0 Å². The van der Waals surface area contributed by atoms with E-state index in [0.717, 1.165) is 17.0 Å². The highest BCUT2D eigenvalue weighted by atomic mass is 19.1. The maximum atomic E-state index is 13.9. The molecule has 0 radical (unpaired) electrons. The smallest absolute Gasteiger partial charge is 0.319 e. The number of carbonyl (C=O) groups excluding carboxylic acids is 3. The molecular formula is C14H14F2N2O3. The largest absolute Gasteiger partial charge is 0.325 e. The van der Waals surface area contributed by atoms with Gasteiger partial charge in [-0.3, -0.25) is 14.5 Å². The Bertz CT molecular complexity index is 612. The third kappa shape index (κ3) is 2.51. The lowest BCUT2D eigenvalue weighted by Gasteiger charge is -2.23. The molecule has 1 N–H and O–H groups in total. The van der Waals surface area contributed by atoms with E-state index in [2.05, 4.69) is 5.32 Å². The second kappa shape index (κ2) is 5.23. The van der Waals surface area contributed by atoms with Gasteiger partial charge in [-0.2, -0.15) is 0 Å². The molecule has 1 aliphatic rings. The van der Waals surface area contributed by atoms with Gasteiger partial charge in [0.05, 0.1) is 5.56 Å². The monoisotopic (exact) mass is 296 g/mol. The maximum Gasteiger partial charge on any atom is 0.325 e. The third-order valence-corrected chi connectivity index (χ3v) is 3.43. The molecule has 0 aliphatic carbocycles. The number of halogens is 2. The van der Waals surface area contributed by atoms with E-state index in [1.807, 2.05) is 0 Å². The zero-order valence-electron chi connectivity index (χ0n) is 11.6. The molecule has 0 bridgehead atoms. The van der Waals surface area contributed by atoms with E-state index in [-0.39, 0.29) is 18.7 Å². The fourth-order valence-electron chi connectivity index (χ4n) is 2.31. The Labute approximate surface area is 119 Å². The molecule has 1 aromatic rings. The van der Waals surface area contributed by atoms with Gasteiger partial charge in [0.1, 0.15) is 23.0 Å². The molecule has 2 rings (SSSR count). The molecule has 1 atom stereocenters. The second-order valence-electron chi connectivity index (χ2n) is 5.06. The van der Waals surface area contributed by atoms with Gasteiger partial charge in [-0.1, -0.05) is 6.07 Å². The number of nitrogens with one attached hydrogen (secondary N) is 1. The summed E-state index contributed by atoms with van der Waals surface area (Å²) >= 11 is 0. The molecule has 7 heteroatoms. The number of hydrogen-bond acceptors (Lipinski definition) is 3. The molecule has 0 aromatic heterocycles. The van der Waals surface area contributed by atoms with Crippen molar-refractivity contribution in [1.82, 2.24) is 10.2 Å². The number of rotatable bonds is 4. The van der Waals surface area contributed by atoms with Crippen LogP contribution in [0, 0.1) is 11.6 Å². The fourth-order valence-corrected chi connectivity index (χ4v) is 2.31. The zero-order valence-corrected chi connectivity index (χ0v) is 11.6. The first-order valence-corrected chi connectivity index (χ1v) is 6.35. The van der Waals surface area contributed by atoms with E-state index in [4.69, 9.17) is 0 Å². The minimum absolute atomic E-state index is 0.00497. The summed E-state index contributed by atoms with van der Waals surface area (Å²) in [6.45, 7) is 2.45. The predicted octanol–water partition coefficient (Wildman–Crippen LogP) is 1.71. The number of urea groups is 1. The molecule has 1 saturated heterocycles. The van der Waals surface area contributed by atoms with Crippen LogP contribution < -0.4 is 5.32 Å². The van der Waals surface area contributed by atoms with Crippen molar-refractivity contribution in [2.75, 3.05) is 6.54 Å². The van der Waals surface area contributed by atoms with E-state index in [1.165, 1.54) is 19.9 Å². The summed E-state index contributed by atoms with van der Waals surface area (Å²) in [6, 6.07) is 2.43. The number of benzene rings is 1. The number of hydrogen-bond donors (Lipinski definition) is 1. The van der Waals surface area contributed by atoms with Gasteiger partial charge in [0.25, 0.3) is 5.91 Å². The number of amides is 3. The summed E-state index contributed by atoms with van der Waals surface area (Å²) in [5, 5.41) is 2.30. The van der Waals surface area contributed by atoms with Gasteiger partial charge in [-0.15, -0.1) is 0 Å². The van der Waals surface area contributed by atoms with Gasteiger partial charge in [-0.05, 0) is 26.0 Å². The fraction of sp³-hybridized carbons (Fsp3) is 0.357. The van der Waals surface area contributed by atoms with Gasteiger partial charge >= 0.3 is 6.03 Å². The Kier molecular flexibility index (Phi) is 3.76. The first kappa shape index (κ1) is 15.1. The normalized spacial score (nSPS) is 21.6. The molecule has 1 aliphatic heterocycles. The van der Waals surface area contributed by atoms with E-state index in [9.17, 15) is 23.2 Å². The lowest BCUT2D eigenvalue weighted by atomic mass is 9.91. The first-order chi connectivity index (χ1) is 9.77. The number of nitrogens with zero attached hydrogens (tertiary/aromatic N) is 1. The number of carbonyl (C=O) groups is 3. The Balaban J connectivity index is 2.38. The highest BCUT2D eigenvalue weighted by Gasteiger charge is 2.51. The molecule has 3 amide bonds. The molecule has 0 spiro atoms. The van der Waals surface area contributed by atoms with Crippen molar-refractivity contribution in [3.05, 3.63) is 35.4 Å². The maximum absolute atomic E-state index is 13.9. The van der Waals surface area contributed by atoms with Crippen LogP contribution in [0.3, 0.4) is 0 Å². The van der Waals surface area contributed by atoms with Crippen molar-refractivity contribution in [3.63, 3.8) is 0 Å². The Morgan fingerprint density at radius 1 is 1.29 bits per heavy atom. The van der Waals surface area contributed by atoms with Crippen LogP contribution in [-0.4, -0.2) is 29.2 Å². The summed E-state index contributed by atoms with van der Waals surface area (Å²) in [5.74, 6) is -2.81. The minimum Gasteiger partial charge on any atom is -0.319 e. The molecular weight excluding hydrogens is 282 g/mol. The average molecular weight is 296 g/mol. The standard InChI is InChI=1S/C14H14F2N2O3/c1-8(19)6-7-18-12(20)14(2,17-13(18)21)11-9(15)4-3-5-10(11)16/h3-5H,6-7H2,1-2H3,(H,17,21). The van der Waals surface area contributed by atoms with E-state index >= 15 is 0 Å². The summed E-state index contributed by atoms with van der Waals surface area (Å²) < 4.78 is 27.7. The van der Waals surface area contributed by atoms with Crippen molar-refractivity contribution in [3.8, 4) is 0 Å². The number of Topliss-reactive ketones (excluding diaryl/α,β-unsaturated/α-hetero) is 1. The Morgan fingerprint density at radius 3 is 2.38 bits per heavy atom. The van der Waals surface area contributed by atoms with Crippen molar-refractivity contribution < 1.29 is 23.2 Å². The molecule has 1 heterocycles. The topological polar surface area (TPSA) is 66.5 Å². The molecule has 1 fully saturated rings. The highest BCUT2D eigenvalue weighted by Crippen LogP contribution is 2.32. The van der Waals surface area contributed by atoms with Crippen molar-refractivity contribution in [1.29, 1.82) is 0 Å². The van der Waals surface area contributed by atoms with Crippen LogP contribution in [0.25, 0.3) is 0 Å². The molecule has 1 aromatic carbocycles. The van der Waals surface area contributed by atoms with Crippen LogP contribution in [0.1, 0.15) is 25.8 Å². The summed E-state index contributed by atoms with van der Waals surface area (Å²) in [4.78, 5) is 36.0. The van der Waals surface area contributed by atoms with Crippen LogP contribution in [0.2, 0.25) is 0 Å². The van der Waals surface area contributed by atoms with E-state index < -0.39 is 34.7 Å². The summed E-state index contributed by atoms with van der Waals surface area (Å²) in [7, 11) is 0.